The number of terminal acetylenes is 1. The zero-order chi connectivity index (χ0) is 15.6. The van der Waals surface area contributed by atoms with Crippen LogP contribution in [0.25, 0.3) is 0 Å². The predicted molar refractivity (Wildman–Crippen MR) is 83.5 cm³/mol. The summed E-state index contributed by atoms with van der Waals surface area (Å²) in [6.07, 6.45) is 5.04. The van der Waals surface area contributed by atoms with Crippen LogP contribution >= 0.6 is 0 Å². The minimum Gasteiger partial charge on any atom is -0.378 e. The first kappa shape index (κ1) is 20.3. The van der Waals surface area contributed by atoms with Crippen LogP contribution in [0.5, 0.6) is 0 Å². The van der Waals surface area contributed by atoms with Crippen LogP contribution < -0.4 is 5.32 Å². The lowest BCUT2D eigenvalue weighted by molar-refractivity contribution is 0.00171. The quantitative estimate of drug-likeness (QED) is 0.316. The van der Waals surface area contributed by atoms with Crippen LogP contribution in [0.2, 0.25) is 0 Å². The molecule has 0 aromatic heterocycles. The van der Waals surface area contributed by atoms with Crippen LogP contribution in [-0.4, -0.2) is 91.5 Å². The molecule has 0 atom stereocenters. The highest BCUT2D eigenvalue weighted by molar-refractivity contribution is 4.82. The highest BCUT2D eigenvalue weighted by Crippen LogP contribution is 1.82. The number of likely N-dealkylation sites (N-methyl/N-ethyl adjacent to an activating group) is 1. The van der Waals surface area contributed by atoms with E-state index in [0.29, 0.717) is 52.9 Å². The Bertz CT molecular complexity index is 244. The number of hydrogen-bond donors (Lipinski definition) is 1. The van der Waals surface area contributed by atoms with E-state index in [9.17, 15) is 0 Å². The highest BCUT2D eigenvalue weighted by atomic mass is 16.6. The van der Waals surface area contributed by atoms with Crippen molar-refractivity contribution in [1.82, 2.24) is 10.2 Å². The fraction of sp³-hybridized carbons (Fsp3) is 0.867. The first-order valence-electron chi connectivity index (χ1n) is 7.37. The molecule has 0 amide bonds. The predicted octanol–water partition coefficient (Wildman–Crippen LogP) is -0.163. The lowest BCUT2D eigenvalue weighted by Crippen LogP contribution is -2.29. The van der Waals surface area contributed by atoms with Gasteiger partial charge in [0.05, 0.1) is 46.2 Å². The van der Waals surface area contributed by atoms with E-state index in [1.807, 2.05) is 0 Å². The van der Waals surface area contributed by atoms with E-state index in [1.165, 1.54) is 0 Å². The molecular weight excluding hydrogens is 272 g/mol. The first-order valence-corrected chi connectivity index (χ1v) is 7.37. The second-order valence-corrected chi connectivity index (χ2v) is 4.65. The van der Waals surface area contributed by atoms with Crippen LogP contribution in [0.1, 0.15) is 0 Å². The van der Waals surface area contributed by atoms with E-state index in [4.69, 9.17) is 25.4 Å². The first-order chi connectivity index (χ1) is 10.3. The molecule has 0 aliphatic rings. The van der Waals surface area contributed by atoms with E-state index < -0.39 is 0 Å². The zero-order valence-electron chi connectivity index (χ0n) is 13.4. The number of hydrogen-bond acceptors (Lipinski definition) is 6. The normalized spacial score (nSPS) is 11.0. The number of rotatable bonds is 16. The fourth-order valence-electron chi connectivity index (χ4n) is 1.36. The van der Waals surface area contributed by atoms with Crippen molar-refractivity contribution in [2.75, 3.05) is 86.6 Å². The molecule has 0 saturated heterocycles. The smallest absolute Gasteiger partial charge is 0.107 e. The van der Waals surface area contributed by atoms with Gasteiger partial charge in [0.2, 0.25) is 0 Å². The molecule has 0 rings (SSSR count). The zero-order valence-corrected chi connectivity index (χ0v) is 13.4. The molecule has 0 heterocycles. The molecular formula is C15H30N2O4. The van der Waals surface area contributed by atoms with Crippen molar-refractivity contribution >= 4 is 0 Å². The molecule has 0 aromatic carbocycles. The molecule has 1 N–H and O–H groups in total. The minimum absolute atomic E-state index is 0.335. The van der Waals surface area contributed by atoms with Gasteiger partial charge in [0.25, 0.3) is 0 Å². The van der Waals surface area contributed by atoms with Gasteiger partial charge in [-0.3, -0.25) is 0 Å². The van der Waals surface area contributed by atoms with Crippen LogP contribution in [0.15, 0.2) is 0 Å². The van der Waals surface area contributed by atoms with Crippen molar-refractivity contribution in [3.8, 4) is 12.3 Å². The summed E-state index contributed by atoms with van der Waals surface area (Å²) in [5.74, 6) is 2.40. The van der Waals surface area contributed by atoms with Crippen molar-refractivity contribution in [2.45, 2.75) is 0 Å². The molecule has 6 nitrogen and oxygen atoms in total. The average molecular weight is 302 g/mol. The summed E-state index contributed by atoms with van der Waals surface area (Å²) in [6.45, 7) is 7.33. The second kappa shape index (κ2) is 17.4. The Morgan fingerprint density at radius 3 is 1.86 bits per heavy atom. The largest absolute Gasteiger partial charge is 0.378 e. The maximum Gasteiger partial charge on any atom is 0.107 e. The molecule has 0 aliphatic heterocycles. The standard InChI is InChI=1S/C15H30N2O4/c1-4-8-18-10-12-20-14-15-21-13-11-19-9-6-16-5-7-17(2)3/h1,16H,5-15H2,2-3H3. The number of ether oxygens (including phenoxy) is 4. The van der Waals surface area contributed by atoms with Crippen molar-refractivity contribution in [1.29, 1.82) is 0 Å². The lowest BCUT2D eigenvalue weighted by Gasteiger charge is -2.10. The van der Waals surface area contributed by atoms with Crippen molar-refractivity contribution < 1.29 is 18.9 Å². The third-order valence-corrected chi connectivity index (χ3v) is 2.46. The fourth-order valence-corrected chi connectivity index (χ4v) is 1.36. The summed E-state index contributed by atoms with van der Waals surface area (Å²) in [5, 5.41) is 3.30. The molecule has 0 fully saturated rings. The molecule has 0 unspecified atom stereocenters. The van der Waals surface area contributed by atoms with E-state index in [2.05, 4.69) is 30.2 Å². The van der Waals surface area contributed by atoms with E-state index in [0.717, 1.165) is 19.6 Å². The monoisotopic (exact) mass is 302 g/mol. The average Bonchev–Trinajstić information content (AvgIpc) is 2.46. The Morgan fingerprint density at radius 2 is 1.33 bits per heavy atom. The van der Waals surface area contributed by atoms with Crippen molar-refractivity contribution in [2.24, 2.45) is 0 Å². The van der Waals surface area contributed by atoms with Gasteiger partial charge in [0.1, 0.15) is 6.61 Å². The molecule has 21 heavy (non-hydrogen) atoms. The van der Waals surface area contributed by atoms with E-state index in [1.54, 1.807) is 0 Å². The van der Waals surface area contributed by atoms with Crippen LogP contribution in [0.4, 0.5) is 0 Å². The molecule has 0 aromatic rings. The number of nitrogens with zero attached hydrogens (tertiary/aromatic N) is 1. The topological polar surface area (TPSA) is 52.2 Å². The molecule has 0 aliphatic carbocycles. The van der Waals surface area contributed by atoms with Gasteiger partial charge in [-0.2, -0.15) is 0 Å². The highest BCUT2D eigenvalue weighted by Gasteiger charge is 1.93. The molecule has 0 bridgehead atoms. The lowest BCUT2D eigenvalue weighted by atomic mass is 10.5. The summed E-state index contributed by atoms with van der Waals surface area (Å²) < 4.78 is 21.2. The Labute approximate surface area is 129 Å². The summed E-state index contributed by atoms with van der Waals surface area (Å²) in [7, 11) is 4.12. The van der Waals surface area contributed by atoms with Crippen LogP contribution in [0.3, 0.4) is 0 Å². The Kier molecular flexibility index (Phi) is 16.8. The molecule has 0 saturated carbocycles. The summed E-state index contributed by atoms with van der Waals surface area (Å²) in [6, 6.07) is 0. The van der Waals surface area contributed by atoms with Crippen LogP contribution in [-0.2, 0) is 18.9 Å². The summed E-state index contributed by atoms with van der Waals surface area (Å²) >= 11 is 0. The second-order valence-electron chi connectivity index (χ2n) is 4.65. The van der Waals surface area contributed by atoms with Gasteiger partial charge < -0.3 is 29.2 Å². The molecule has 0 spiro atoms. The minimum atomic E-state index is 0.335. The van der Waals surface area contributed by atoms with Gasteiger partial charge in [-0.1, -0.05) is 5.92 Å². The third-order valence-electron chi connectivity index (χ3n) is 2.46. The van der Waals surface area contributed by atoms with Gasteiger partial charge in [-0.25, -0.2) is 0 Å². The van der Waals surface area contributed by atoms with Gasteiger partial charge in [0, 0.05) is 19.6 Å². The van der Waals surface area contributed by atoms with Crippen molar-refractivity contribution in [3.05, 3.63) is 0 Å². The summed E-state index contributed by atoms with van der Waals surface area (Å²) in [4.78, 5) is 2.14. The van der Waals surface area contributed by atoms with Gasteiger partial charge in [0.15, 0.2) is 0 Å². The Balaban J connectivity index is 2.95. The Hall–Kier alpha value is -0.680. The van der Waals surface area contributed by atoms with E-state index in [-0.39, 0.29) is 0 Å². The van der Waals surface area contributed by atoms with Crippen LogP contribution in [0, 0.1) is 12.3 Å². The SMILES string of the molecule is C#CCOCCOCCOCCOCCNCCN(C)C. The third kappa shape index (κ3) is 19.3. The van der Waals surface area contributed by atoms with Crippen molar-refractivity contribution in [3.63, 3.8) is 0 Å². The van der Waals surface area contributed by atoms with E-state index >= 15 is 0 Å². The summed E-state index contributed by atoms with van der Waals surface area (Å²) in [5.41, 5.74) is 0. The van der Waals surface area contributed by atoms with Gasteiger partial charge in [-0.05, 0) is 14.1 Å². The maximum atomic E-state index is 5.43. The maximum absolute atomic E-state index is 5.43. The van der Waals surface area contributed by atoms with Gasteiger partial charge >= 0.3 is 0 Å². The molecule has 124 valence electrons. The molecule has 6 heteroatoms. The Morgan fingerprint density at radius 1 is 0.810 bits per heavy atom. The number of nitrogens with one attached hydrogen (secondary N) is 1. The molecule has 0 radical (unpaired) electrons. The van der Waals surface area contributed by atoms with Gasteiger partial charge in [-0.15, -0.1) is 6.42 Å².